The van der Waals surface area contributed by atoms with Gasteiger partial charge in [-0.2, -0.15) is 0 Å². The molecule has 0 saturated carbocycles. The van der Waals surface area contributed by atoms with Crippen LogP contribution in [0.25, 0.3) is 5.69 Å². The smallest absolute Gasteiger partial charge is 0.242 e. The Kier molecular flexibility index (Phi) is 9.53. The number of carbonyl (C=O) groups is 1. The zero-order valence-corrected chi connectivity index (χ0v) is 23.3. The van der Waals surface area contributed by atoms with Gasteiger partial charge in [-0.1, -0.05) is 31.5 Å². The maximum absolute atomic E-state index is 14.4. The third-order valence-corrected chi connectivity index (χ3v) is 7.54. The van der Waals surface area contributed by atoms with Gasteiger partial charge in [-0.15, -0.1) is 0 Å². The van der Waals surface area contributed by atoms with Crippen LogP contribution in [0.5, 0.6) is 0 Å². The second kappa shape index (κ2) is 13.6. The fourth-order valence-corrected chi connectivity index (χ4v) is 5.47. The van der Waals surface area contributed by atoms with Gasteiger partial charge >= 0.3 is 0 Å². The summed E-state index contributed by atoms with van der Waals surface area (Å²) in [5.74, 6) is -0.763. The molecule has 0 bridgehead atoms. The Balaban J connectivity index is 1.17. The van der Waals surface area contributed by atoms with Crippen LogP contribution in [0.2, 0.25) is 0 Å². The van der Waals surface area contributed by atoms with Gasteiger partial charge in [-0.3, -0.25) is 4.79 Å². The van der Waals surface area contributed by atoms with Crippen LogP contribution in [0.4, 0.5) is 14.6 Å². The molecule has 10 heteroatoms. The molecular weight excluding hydrogens is 524 g/mol. The van der Waals surface area contributed by atoms with E-state index in [0.717, 1.165) is 43.2 Å². The van der Waals surface area contributed by atoms with Crippen LogP contribution < -0.4 is 16.0 Å². The molecule has 1 amide bonds. The molecule has 1 aliphatic carbocycles. The van der Waals surface area contributed by atoms with E-state index in [-0.39, 0.29) is 11.9 Å². The fourth-order valence-electron chi connectivity index (χ4n) is 5.47. The number of hydrogen-bond donors (Lipinski definition) is 3. The van der Waals surface area contributed by atoms with Crippen molar-refractivity contribution in [1.82, 2.24) is 29.7 Å². The lowest BCUT2D eigenvalue weighted by Crippen LogP contribution is -2.48. The third kappa shape index (κ3) is 7.45. The molecule has 41 heavy (non-hydrogen) atoms. The van der Waals surface area contributed by atoms with Crippen molar-refractivity contribution in [1.29, 1.82) is 0 Å². The number of nitrogens with one attached hydrogen (secondary N) is 3. The molecule has 5 rings (SSSR count). The van der Waals surface area contributed by atoms with Crippen molar-refractivity contribution in [2.24, 2.45) is 0 Å². The molecule has 0 saturated heterocycles. The standard InChI is InChI=1S/C31H37F2N7O/c1-2-6-28(37-25-10-9-22-15-24(32)16-27(33)26(22)17-25)31(41)38-30-19-40(21-36-30)29-8-4-3-7-23(29)18-34-11-5-13-39-14-12-35-20-39/h3-4,7-8,12,14-16,19-21,25,28,34,37H,2,5-6,9-11,13,17-18H2,1H3,(H,38,41)/t25-,28+/m0/s1. The van der Waals surface area contributed by atoms with Gasteiger partial charge in [0.2, 0.25) is 5.91 Å². The van der Waals surface area contributed by atoms with Crippen molar-refractivity contribution in [2.45, 2.75) is 70.6 Å². The fraction of sp³-hybridized carbons (Fsp3) is 0.387. The van der Waals surface area contributed by atoms with E-state index in [2.05, 4.69) is 36.6 Å². The van der Waals surface area contributed by atoms with Gasteiger partial charge in [0.25, 0.3) is 0 Å². The van der Waals surface area contributed by atoms with E-state index in [0.29, 0.717) is 49.2 Å². The Hall–Kier alpha value is -3.89. The number of halogens is 2. The Morgan fingerprint density at radius 1 is 1.20 bits per heavy atom. The Morgan fingerprint density at radius 3 is 2.90 bits per heavy atom. The average Bonchev–Trinajstić information content (AvgIpc) is 3.66. The minimum absolute atomic E-state index is 0.0679. The third-order valence-electron chi connectivity index (χ3n) is 7.54. The van der Waals surface area contributed by atoms with Crippen LogP contribution in [0.15, 0.2) is 67.6 Å². The minimum Gasteiger partial charge on any atom is -0.337 e. The highest BCUT2D eigenvalue weighted by Crippen LogP contribution is 2.26. The van der Waals surface area contributed by atoms with Crippen molar-refractivity contribution in [3.8, 4) is 5.69 Å². The zero-order chi connectivity index (χ0) is 28.6. The largest absolute Gasteiger partial charge is 0.337 e. The number of hydrogen-bond acceptors (Lipinski definition) is 5. The molecular formula is C31H37F2N7O. The van der Waals surface area contributed by atoms with E-state index in [4.69, 9.17) is 0 Å². The van der Waals surface area contributed by atoms with E-state index in [1.807, 2.05) is 48.4 Å². The molecule has 2 aromatic carbocycles. The predicted octanol–water partition coefficient (Wildman–Crippen LogP) is 4.78. The summed E-state index contributed by atoms with van der Waals surface area (Å²) < 4.78 is 32.0. The van der Waals surface area contributed by atoms with Crippen LogP contribution in [0.1, 0.15) is 49.3 Å². The van der Waals surface area contributed by atoms with Crippen LogP contribution in [-0.2, 0) is 30.7 Å². The van der Waals surface area contributed by atoms with E-state index in [9.17, 15) is 13.6 Å². The van der Waals surface area contributed by atoms with Crippen LogP contribution >= 0.6 is 0 Å². The lowest BCUT2D eigenvalue weighted by atomic mass is 9.87. The summed E-state index contributed by atoms with van der Waals surface area (Å²) in [7, 11) is 0. The second-order valence-corrected chi connectivity index (χ2v) is 10.6. The molecule has 2 atom stereocenters. The number of imidazole rings is 2. The number of anilines is 1. The summed E-state index contributed by atoms with van der Waals surface area (Å²) in [6.45, 7) is 4.52. The number of rotatable bonds is 13. The second-order valence-electron chi connectivity index (χ2n) is 10.6. The van der Waals surface area contributed by atoms with E-state index >= 15 is 0 Å². The highest BCUT2D eigenvalue weighted by molar-refractivity contribution is 5.94. The van der Waals surface area contributed by atoms with Crippen LogP contribution in [-0.4, -0.2) is 43.6 Å². The molecule has 0 aliphatic heterocycles. The first kappa shape index (κ1) is 28.6. The van der Waals surface area contributed by atoms with Gasteiger partial charge in [0.1, 0.15) is 18.0 Å². The first-order valence-electron chi connectivity index (χ1n) is 14.3. The Bertz CT molecular complexity index is 1440. The minimum atomic E-state index is -0.546. The van der Waals surface area contributed by atoms with E-state index in [1.54, 1.807) is 12.5 Å². The molecule has 2 heterocycles. The quantitative estimate of drug-likeness (QED) is 0.205. The van der Waals surface area contributed by atoms with E-state index in [1.165, 1.54) is 6.07 Å². The van der Waals surface area contributed by atoms with Crippen molar-refractivity contribution >= 4 is 11.7 Å². The summed E-state index contributed by atoms with van der Waals surface area (Å²) in [5, 5.41) is 9.89. The number of nitrogens with zero attached hydrogens (tertiary/aromatic N) is 4. The Labute approximate surface area is 239 Å². The van der Waals surface area contributed by atoms with Gasteiger partial charge < -0.3 is 25.1 Å². The van der Waals surface area contributed by atoms with Gasteiger partial charge in [0, 0.05) is 37.6 Å². The zero-order valence-electron chi connectivity index (χ0n) is 23.3. The molecule has 4 aromatic rings. The van der Waals surface area contributed by atoms with Crippen LogP contribution in [0.3, 0.4) is 0 Å². The first-order chi connectivity index (χ1) is 20.0. The summed E-state index contributed by atoms with van der Waals surface area (Å²) in [6, 6.07) is 9.94. The number of aromatic nitrogens is 4. The summed E-state index contributed by atoms with van der Waals surface area (Å²) in [4.78, 5) is 21.8. The number of amides is 1. The number of fused-ring (bicyclic) bond motifs is 1. The summed E-state index contributed by atoms with van der Waals surface area (Å²) in [5.41, 5.74) is 3.37. The lowest BCUT2D eigenvalue weighted by molar-refractivity contribution is -0.118. The normalized spacial score (nSPS) is 15.4. The highest BCUT2D eigenvalue weighted by atomic mass is 19.1. The molecule has 216 valence electrons. The lowest BCUT2D eigenvalue weighted by Gasteiger charge is -2.29. The van der Waals surface area contributed by atoms with Gasteiger partial charge in [0.15, 0.2) is 5.82 Å². The highest BCUT2D eigenvalue weighted by Gasteiger charge is 2.27. The SMILES string of the molecule is CCC[C@@H](N[C@H]1CCc2cc(F)cc(F)c2C1)C(=O)Nc1cn(-c2ccccc2CNCCCn2ccnc2)cn1. The van der Waals surface area contributed by atoms with Gasteiger partial charge in [-0.05, 0) is 67.5 Å². The molecule has 8 nitrogen and oxygen atoms in total. The molecule has 1 aliphatic rings. The van der Waals surface area contributed by atoms with Crippen molar-refractivity contribution < 1.29 is 13.6 Å². The molecule has 0 fully saturated rings. The number of carbonyl (C=O) groups excluding carboxylic acids is 1. The Morgan fingerprint density at radius 2 is 2.07 bits per heavy atom. The molecule has 3 N–H and O–H groups in total. The number of para-hydroxylation sites is 1. The predicted molar refractivity (Wildman–Crippen MR) is 155 cm³/mol. The first-order valence-corrected chi connectivity index (χ1v) is 14.3. The maximum atomic E-state index is 14.4. The molecule has 0 unspecified atom stereocenters. The number of aryl methyl sites for hydroxylation is 2. The topological polar surface area (TPSA) is 88.8 Å². The average molecular weight is 562 g/mol. The number of benzene rings is 2. The molecule has 2 aromatic heterocycles. The van der Waals surface area contributed by atoms with Gasteiger partial charge in [0.05, 0.1) is 24.3 Å². The molecule has 0 spiro atoms. The summed E-state index contributed by atoms with van der Waals surface area (Å²) >= 11 is 0. The van der Waals surface area contributed by atoms with Gasteiger partial charge in [-0.25, -0.2) is 18.7 Å². The van der Waals surface area contributed by atoms with Crippen LogP contribution in [0, 0.1) is 11.6 Å². The van der Waals surface area contributed by atoms with Crippen molar-refractivity contribution in [3.05, 3.63) is 96.0 Å². The van der Waals surface area contributed by atoms with Crippen molar-refractivity contribution in [3.63, 3.8) is 0 Å². The van der Waals surface area contributed by atoms with E-state index < -0.39 is 17.7 Å². The molecule has 0 radical (unpaired) electrons. The monoisotopic (exact) mass is 561 g/mol. The summed E-state index contributed by atoms with van der Waals surface area (Å²) in [6.07, 6.45) is 13.3. The maximum Gasteiger partial charge on any atom is 0.242 e. The van der Waals surface area contributed by atoms with Crippen molar-refractivity contribution in [2.75, 3.05) is 11.9 Å².